The number of amides is 3. The van der Waals surface area contributed by atoms with Gasteiger partial charge in [0, 0.05) is 89.7 Å². The molecule has 2 aliphatic rings. The molecule has 0 spiro atoms. The van der Waals surface area contributed by atoms with Gasteiger partial charge in [-0.1, -0.05) is 31.1 Å². The van der Waals surface area contributed by atoms with Crippen LogP contribution in [0, 0.1) is 35.3 Å². The number of aromatic nitrogens is 4. The SMILES string of the molecule is C.COCCCc1ncc(-c2cc(C#C[C@]3(O)CCN(C)C3=O)ccc2F)nc1C(=O)OC.COCCCc1ncc(-c2cc(C#C[C@]3(O)CCN(C)C3=O)ccc2F)nc1C(N)=O. The van der Waals surface area contributed by atoms with E-state index in [1.807, 2.05) is 0 Å². The van der Waals surface area contributed by atoms with Crippen LogP contribution in [0.25, 0.3) is 22.5 Å². The summed E-state index contributed by atoms with van der Waals surface area (Å²) in [4.78, 5) is 68.1. The quantitative estimate of drug-likeness (QED) is 0.106. The van der Waals surface area contributed by atoms with Gasteiger partial charge in [-0.15, -0.1) is 0 Å². The summed E-state index contributed by atoms with van der Waals surface area (Å²) in [5.74, 6) is 7.13. The van der Waals surface area contributed by atoms with E-state index in [2.05, 4.69) is 43.6 Å². The Hall–Kier alpha value is -6.70. The van der Waals surface area contributed by atoms with Crippen LogP contribution < -0.4 is 5.73 Å². The lowest BCUT2D eigenvalue weighted by atomic mass is 10.0. The monoisotopic (exact) mass is 883 g/mol. The fourth-order valence-electron chi connectivity index (χ4n) is 6.57. The lowest BCUT2D eigenvalue weighted by Crippen LogP contribution is -2.37. The van der Waals surface area contributed by atoms with Gasteiger partial charge in [-0.3, -0.25) is 24.4 Å². The molecule has 2 atom stereocenters. The van der Waals surface area contributed by atoms with E-state index in [1.54, 1.807) is 28.3 Å². The van der Waals surface area contributed by atoms with Gasteiger partial charge in [0.25, 0.3) is 17.7 Å². The highest BCUT2D eigenvalue weighted by Gasteiger charge is 2.43. The first kappa shape index (κ1) is 50.0. The summed E-state index contributed by atoms with van der Waals surface area (Å²) in [5, 5.41) is 20.9. The van der Waals surface area contributed by atoms with Crippen LogP contribution in [0.3, 0.4) is 0 Å². The van der Waals surface area contributed by atoms with E-state index in [0.717, 1.165) is 0 Å². The summed E-state index contributed by atoms with van der Waals surface area (Å²) in [6, 6.07) is 8.13. The van der Waals surface area contributed by atoms with Crippen LogP contribution in [0.15, 0.2) is 48.8 Å². The number of rotatable bonds is 12. The molecule has 4 N–H and O–H groups in total. The lowest BCUT2D eigenvalue weighted by Gasteiger charge is -2.13. The number of carbonyl (C=O) groups excluding carboxylic acids is 4. The normalized spacial score (nSPS) is 17.6. The van der Waals surface area contributed by atoms with Gasteiger partial charge in [0.15, 0.2) is 5.69 Å². The summed E-state index contributed by atoms with van der Waals surface area (Å²) < 4.78 is 43.9. The first-order valence-electron chi connectivity index (χ1n) is 19.7. The molecule has 2 fully saturated rings. The molecular formula is C46H51F2N7O9. The number of nitrogens with two attached hydrogens (primary N) is 1. The van der Waals surface area contributed by atoms with E-state index in [9.17, 15) is 38.2 Å². The Bertz CT molecular complexity index is 2520. The number of hydrogen-bond donors (Lipinski definition) is 3. The topological polar surface area (TPSA) is 220 Å². The largest absolute Gasteiger partial charge is 0.464 e. The molecule has 16 nitrogen and oxygen atoms in total. The van der Waals surface area contributed by atoms with Gasteiger partial charge in [0.05, 0.1) is 42.3 Å². The molecule has 0 unspecified atom stereocenters. The van der Waals surface area contributed by atoms with Crippen LogP contribution in [-0.2, 0) is 36.6 Å². The first-order chi connectivity index (χ1) is 30.0. The number of primary amides is 1. The van der Waals surface area contributed by atoms with Crippen molar-refractivity contribution >= 4 is 23.7 Å². The molecule has 6 rings (SSSR count). The highest BCUT2D eigenvalue weighted by molar-refractivity contribution is 5.93. The van der Waals surface area contributed by atoms with Crippen LogP contribution in [0.2, 0.25) is 0 Å². The van der Waals surface area contributed by atoms with Crippen LogP contribution in [0.5, 0.6) is 0 Å². The standard InChI is InChI=1S/C23H24FN3O5.C22H23FN4O4.CH4/c1-27-11-10-23(30,22(27)29)9-8-15-6-7-17(24)16(13-15)19-14-25-18(5-4-12-31-2)20(26-19)21(28)32-3;1-27-10-9-22(30,21(27)29)8-7-14-5-6-16(23)15(12-14)18-13-25-17(4-3-11-31-2)19(26-18)20(24)28;/h6-7,13-14,30H,4-5,10-12H2,1-3H3;5-6,12-13,30H,3-4,9-11H2,1-2H3,(H2,24,28);1H4/t23-;22-;/m00./s1. The number of carbonyl (C=O) groups is 4. The minimum atomic E-state index is -1.76. The van der Waals surface area contributed by atoms with Crippen molar-refractivity contribution in [1.82, 2.24) is 29.7 Å². The second-order valence-corrected chi connectivity index (χ2v) is 14.7. The Kier molecular flexibility index (Phi) is 17.2. The maximum atomic E-state index is 14.6. The van der Waals surface area contributed by atoms with Gasteiger partial charge in [0.2, 0.25) is 11.2 Å². The number of benzene rings is 2. The van der Waals surface area contributed by atoms with Gasteiger partial charge in [-0.05, 0) is 62.1 Å². The van der Waals surface area contributed by atoms with Crippen molar-refractivity contribution in [2.75, 3.05) is 61.7 Å². The van der Waals surface area contributed by atoms with Crippen molar-refractivity contribution in [2.45, 2.75) is 57.2 Å². The molecule has 4 heterocycles. The number of likely N-dealkylation sites (N-methyl/N-ethyl adjacent to an activating group) is 2. The van der Waals surface area contributed by atoms with Crippen molar-refractivity contribution in [3.63, 3.8) is 0 Å². The number of nitrogens with zero attached hydrogens (tertiary/aromatic N) is 6. The molecule has 0 bridgehead atoms. The maximum Gasteiger partial charge on any atom is 0.358 e. The summed E-state index contributed by atoms with van der Waals surface area (Å²) in [7, 11) is 7.56. The number of ether oxygens (including phenoxy) is 3. The average Bonchev–Trinajstić information content (AvgIpc) is 3.69. The Morgan fingerprint density at radius 3 is 1.55 bits per heavy atom. The molecule has 2 aromatic heterocycles. The second kappa shape index (κ2) is 22.1. The van der Waals surface area contributed by atoms with Gasteiger partial charge < -0.3 is 40.0 Å². The summed E-state index contributed by atoms with van der Waals surface area (Å²) in [5.41, 5.74) is 3.91. The smallest absolute Gasteiger partial charge is 0.358 e. The van der Waals surface area contributed by atoms with Crippen molar-refractivity contribution in [1.29, 1.82) is 0 Å². The van der Waals surface area contributed by atoms with Crippen LogP contribution in [0.4, 0.5) is 8.78 Å². The maximum absolute atomic E-state index is 14.6. The first-order valence-corrected chi connectivity index (χ1v) is 19.7. The zero-order valence-electron chi connectivity index (χ0n) is 35.5. The van der Waals surface area contributed by atoms with E-state index < -0.39 is 46.5 Å². The second-order valence-electron chi connectivity index (χ2n) is 14.7. The zero-order chi connectivity index (χ0) is 45.9. The molecule has 0 saturated carbocycles. The Balaban J connectivity index is 0.000000276. The van der Waals surface area contributed by atoms with E-state index in [-0.39, 0.29) is 54.2 Å². The van der Waals surface area contributed by atoms with Gasteiger partial charge in [-0.25, -0.2) is 23.5 Å². The highest BCUT2D eigenvalue weighted by Crippen LogP contribution is 2.27. The Morgan fingerprint density at radius 2 is 1.17 bits per heavy atom. The molecule has 64 heavy (non-hydrogen) atoms. The molecule has 3 amide bonds. The van der Waals surface area contributed by atoms with Crippen LogP contribution >= 0.6 is 0 Å². The third-order valence-corrected chi connectivity index (χ3v) is 10.2. The molecule has 338 valence electrons. The lowest BCUT2D eigenvalue weighted by molar-refractivity contribution is -0.138. The van der Waals surface area contributed by atoms with E-state index in [4.69, 9.17) is 19.9 Å². The number of aliphatic hydroxyl groups is 2. The van der Waals surface area contributed by atoms with Gasteiger partial charge in [-0.2, -0.15) is 0 Å². The molecule has 2 saturated heterocycles. The molecule has 2 aromatic carbocycles. The van der Waals surface area contributed by atoms with Crippen molar-refractivity contribution in [3.05, 3.63) is 94.3 Å². The number of hydrogen-bond acceptors (Lipinski definition) is 13. The summed E-state index contributed by atoms with van der Waals surface area (Å²) in [6.45, 7) is 1.79. The van der Waals surface area contributed by atoms with E-state index in [1.165, 1.54) is 65.7 Å². The Labute approximate surface area is 370 Å². The summed E-state index contributed by atoms with van der Waals surface area (Å²) >= 11 is 0. The van der Waals surface area contributed by atoms with Crippen molar-refractivity contribution < 1.29 is 52.4 Å². The third kappa shape index (κ3) is 11.9. The van der Waals surface area contributed by atoms with Gasteiger partial charge >= 0.3 is 5.97 Å². The third-order valence-electron chi connectivity index (χ3n) is 10.2. The van der Waals surface area contributed by atoms with Crippen LogP contribution in [0.1, 0.15) is 76.6 Å². The fourth-order valence-corrected chi connectivity index (χ4v) is 6.57. The van der Waals surface area contributed by atoms with E-state index >= 15 is 0 Å². The molecule has 0 aliphatic carbocycles. The van der Waals surface area contributed by atoms with Crippen LogP contribution in [-0.4, -0.2) is 137 Å². The predicted octanol–water partition coefficient (Wildman–Crippen LogP) is 3.13. The number of esters is 1. The molecule has 0 radical (unpaired) electrons. The minimum absolute atomic E-state index is 0. The minimum Gasteiger partial charge on any atom is -0.464 e. The van der Waals surface area contributed by atoms with E-state index in [0.29, 0.717) is 74.5 Å². The number of halogens is 2. The number of likely N-dealkylation sites (tertiary alicyclic amines) is 2. The fraction of sp³-hybridized carbons (Fsp3) is 0.391. The Morgan fingerprint density at radius 1 is 0.750 bits per heavy atom. The number of aryl methyl sites for hydroxylation is 2. The zero-order valence-corrected chi connectivity index (χ0v) is 35.5. The molecule has 18 heteroatoms. The van der Waals surface area contributed by atoms with Crippen molar-refractivity contribution in [3.8, 4) is 46.2 Å². The van der Waals surface area contributed by atoms with Crippen molar-refractivity contribution in [2.24, 2.45) is 5.73 Å². The molecule has 4 aromatic rings. The predicted molar refractivity (Wildman–Crippen MR) is 230 cm³/mol. The average molecular weight is 884 g/mol. The molecular weight excluding hydrogens is 833 g/mol. The van der Waals surface area contributed by atoms with Gasteiger partial charge in [0.1, 0.15) is 17.3 Å². The summed E-state index contributed by atoms with van der Waals surface area (Å²) in [6.07, 6.45) is 5.28. The number of methoxy groups -OCH3 is 3. The molecule has 2 aliphatic heterocycles. The highest BCUT2D eigenvalue weighted by atomic mass is 19.1.